The fourth-order valence-corrected chi connectivity index (χ4v) is 2.87. The molecule has 148 valence electrons. The predicted octanol–water partition coefficient (Wildman–Crippen LogP) is 4.39. The topological polar surface area (TPSA) is 75.0 Å². The quantitative estimate of drug-likeness (QED) is 0.562. The molecule has 0 aliphatic carbocycles. The number of furan rings is 1. The zero-order valence-electron chi connectivity index (χ0n) is 16.7. The van der Waals surface area contributed by atoms with Crippen molar-refractivity contribution in [2.24, 2.45) is 0 Å². The molecule has 0 fully saturated rings. The van der Waals surface area contributed by atoms with Crippen molar-refractivity contribution in [3.63, 3.8) is 0 Å². The van der Waals surface area contributed by atoms with Crippen molar-refractivity contribution in [2.75, 3.05) is 6.61 Å². The van der Waals surface area contributed by atoms with Gasteiger partial charge in [-0.2, -0.15) is 0 Å². The van der Waals surface area contributed by atoms with Gasteiger partial charge in [-0.25, -0.2) is 4.79 Å². The van der Waals surface area contributed by atoms with Crippen LogP contribution >= 0.6 is 0 Å². The van der Waals surface area contributed by atoms with Gasteiger partial charge in [-0.3, -0.25) is 4.79 Å². The van der Waals surface area contributed by atoms with Gasteiger partial charge in [0.05, 0.1) is 5.60 Å². The molecule has 3 rings (SSSR count). The van der Waals surface area contributed by atoms with Crippen molar-refractivity contribution in [1.29, 1.82) is 0 Å². The largest absolute Gasteiger partial charge is 0.474 e. The Bertz CT molecular complexity index is 937. The van der Waals surface area contributed by atoms with Crippen molar-refractivity contribution in [3.05, 3.63) is 53.0 Å². The molecule has 0 spiro atoms. The normalized spacial score (nSPS) is 17.7. The third-order valence-corrected chi connectivity index (χ3v) is 4.32. The van der Waals surface area contributed by atoms with Gasteiger partial charge in [0.15, 0.2) is 23.9 Å². The Morgan fingerprint density at radius 2 is 1.93 bits per heavy atom. The summed E-state index contributed by atoms with van der Waals surface area (Å²) in [6.07, 6.45) is -0.192. The molecule has 1 aliphatic heterocycles. The Balaban J connectivity index is 1.94. The van der Waals surface area contributed by atoms with Crippen LogP contribution in [0.15, 0.2) is 51.7 Å². The minimum Gasteiger partial charge on any atom is -0.474 e. The molecule has 0 saturated carbocycles. The molecule has 0 radical (unpaired) electrons. The second kappa shape index (κ2) is 7.64. The van der Waals surface area contributed by atoms with Gasteiger partial charge in [-0.15, -0.1) is 0 Å². The van der Waals surface area contributed by atoms with E-state index in [-0.39, 0.29) is 6.61 Å². The molecular weight excluding hydrogens is 360 g/mol. The molecule has 1 aromatic carbocycles. The SMILES string of the molecule is CC1=C(c2cc3ccccc3o2)OC(C=O)C(C)=C1OC(=O)COC(C)(C)C. The zero-order valence-corrected chi connectivity index (χ0v) is 16.7. The van der Waals surface area contributed by atoms with Crippen molar-refractivity contribution in [1.82, 2.24) is 0 Å². The van der Waals surface area contributed by atoms with Gasteiger partial charge in [0.2, 0.25) is 0 Å². The highest BCUT2D eigenvalue weighted by atomic mass is 16.6. The summed E-state index contributed by atoms with van der Waals surface area (Å²) in [5.41, 5.74) is 1.34. The molecule has 0 bridgehead atoms. The number of rotatable bonds is 5. The van der Waals surface area contributed by atoms with Gasteiger partial charge in [-0.1, -0.05) is 18.2 Å². The molecule has 0 saturated heterocycles. The second-order valence-corrected chi connectivity index (χ2v) is 7.66. The summed E-state index contributed by atoms with van der Waals surface area (Å²) in [5.74, 6) is 0.608. The van der Waals surface area contributed by atoms with E-state index < -0.39 is 17.7 Å². The third kappa shape index (κ3) is 4.17. The van der Waals surface area contributed by atoms with Gasteiger partial charge >= 0.3 is 5.97 Å². The Labute approximate surface area is 163 Å². The van der Waals surface area contributed by atoms with Crippen LogP contribution in [-0.2, 0) is 23.8 Å². The second-order valence-electron chi connectivity index (χ2n) is 7.66. The maximum atomic E-state index is 12.3. The van der Waals surface area contributed by atoms with E-state index in [1.807, 2.05) is 51.1 Å². The monoisotopic (exact) mass is 384 g/mol. The molecule has 1 aliphatic rings. The molecule has 0 amide bonds. The first kappa shape index (κ1) is 19.9. The molecule has 1 unspecified atom stereocenters. The summed E-state index contributed by atoms with van der Waals surface area (Å²) < 4.78 is 22.7. The van der Waals surface area contributed by atoms with Gasteiger partial charge in [0, 0.05) is 16.5 Å². The molecular formula is C22H24O6. The van der Waals surface area contributed by atoms with E-state index in [0.717, 1.165) is 5.39 Å². The molecule has 2 aromatic rings. The van der Waals surface area contributed by atoms with E-state index in [1.54, 1.807) is 13.8 Å². The number of aldehydes is 1. The summed E-state index contributed by atoms with van der Waals surface area (Å²) in [6.45, 7) is 8.83. The number of fused-ring (bicyclic) bond motifs is 1. The number of para-hydroxylation sites is 1. The maximum absolute atomic E-state index is 12.3. The van der Waals surface area contributed by atoms with Crippen molar-refractivity contribution in [3.8, 4) is 0 Å². The number of hydrogen-bond donors (Lipinski definition) is 0. The highest BCUT2D eigenvalue weighted by Crippen LogP contribution is 2.37. The first-order valence-electron chi connectivity index (χ1n) is 9.07. The van der Waals surface area contributed by atoms with Crippen molar-refractivity contribution < 1.29 is 28.2 Å². The number of carbonyl (C=O) groups excluding carboxylic acids is 2. The molecule has 0 N–H and O–H groups in total. The van der Waals surface area contributed by atoms with Crippen molar-refractivity contribution in [2.45, 2.75) is 46.3 Å². The lowest BCUT2D eigenvalue weighted by atomic mass is 10.0. The van der Waals surface area contributed by atoms with Crippen molar-refractivity contribution >= 4 is 29.0 Å². The van der Waals surface area contributed by atoms with E-state index >= 15 is 0 Å². The van der Waals surface area contributed by atoms with Crippen LogP contribution < -0.4 is 0 Å². The summed E-state index contributed by atoms with van der Waals surface area (Å²) in [4.78, 5) is 23.8. The minimum atomic E-state index is -0.863. The molecule has 6 nitrogen and oxygen atoms in total. The first-order valence-corrected chi connectivity index (χ1v) is 9.07. The Kier molecular flexibility index (Phi) is 5.42. The van der Waals surface area contributed by atoms with E-state index in [9.17, 15) is 9.59 Å². The van der Waals surface area contributed by atoms with Crippen LogP contribution in [-0.4, -0.2) is 30.6 Å². The van der Waals surface area contributed by atoms with Crippen LogP contribution in [0.2, 0.25) is 0 Å². The Hall–Kier alpha value is -2.86. The fraction of sp³-hybridized carbons (Fsp3) is 0.364. The number of allylic oxidation sites excluding steroid dienone is 1. The average Bonchev–Trinajstić information content (AvgIpc) is 3.07. The maximum Gasteiger partial charge on any atom is 0.337 e. The van der Waals surface area contributed by atoms with E-state index in [0.29, 0.717) is 40.3 Å². The van der Waals surface area contributed by atoms with Crippen LogP contribution in [0.4, 0.5) is 0 Å². The third-order valence-electron chi connectivity index (χ3n) is 4.32. The summed E-state index contributed by atoms with van der Waals surface area (Å²) in [7, 11) is 0. The highest BCUT2D eigenvalue weighted by Gasteiger charge is 2.31. The van der Waals surface area contributed by atoms with E-state index in [2.05, 4.69) is 0 Å². The van der Waals surface area contributed by atoms with Gasteiger partial charge in [0.1, 0.15) is 17.9 Å². The first-order chi connectivity index (χ1) is 13.2. The number of carbonyl (C=O) groups is 2. The molecule has 1 aromatic heterocycles. The lowest BCUT2D eigenvalue weighted by molar-refractivity contribution is -0.149. The number of ether oxygens (including phenoxy) is 3. The number of esters is 1. The molecule has 6 heteroatoms. The lowest BCUT2D eigenvalue weighted by Gasteiger charge is -2.26. The summed E-state index contributed by atoms with van der Waals surface area (Å²) >= 11 is 0. The Morgan fingerprint density at radius 1 is 1.21 bits per heavy atom. The van der Waals surface area contributed by atoms with E-state index in [4.69, 9.17) is 18.6 Å². The predicted molar refractivity (Wildman–Crippen MR) is 104 cm³/mol. The van der Waals surface area contributed by atoms with Gasteiger partial charge < -0.3 is 18.6 Å². The van der Waals surface area contributed by atoms with Crippen LogP contribution in [0.1, 0.15) is 40.4 Å². The lowest BCUT2D eigenvalue weighted by Crippen LogP contribution is -2.27. The Morgan fingerprint density at radius 3 is 2.57 bits per heavy atom. The summed E-state index contributed by atoms with van der Waals surface area (Å²) in [6, 6.07) is 9.38. The van der Waals surface area contributed by atoms with Crippen LogP contribution in [0, 0.1) is 0 Å². The highest BCUT2D eigenvalue weighted by molar-refractivity contribution is 5.83. The van der Waals surface area contributed by atoms with Gasteiger partial charge in [-0.05, 0) is 46.8 Å². The number of benzene rings is 1. The molecule has 28 heavy (non-hydrogen) atoms. The summed E-state index contributed by atoms with van der Waals surface area (Å²) in [5, 5.41) is 0.910. The fourth-order valence-electron chi connectivity index (χ4n) is 2.87. The molecule has 2 heterocycles. The van der Waals surface area contributed by atoms with Crippen LogP contribution in [0.5, 0.6) is 0 Å². The van der Waals surface area contributed by atoms with Crippen LogP contribution in [0.25, 0.3) is 16.7 Å². The van der Waals surface area contributed by atoms with Gasteiger partial charge in [0.25, 0.3) is 0 Å². The van der Waals surface area contributed by atoms with Crippen LogP contribution in [0.3, 0.4) is 0 Å². The molecule has 1 atom stereocenters. The average molecular weight is 384 g/mol. The minimum absolute atomic E-state index is 0.194. The standard InChI is InChI=1S/C22H24O6/c1-13-18(11-23)27-21(17-10-15-8-6-7-9-16(15)26-17)14(2)20(13)28-19(24)12-25-22(3,4)5/h6-11,18H,12H2,1-5H3. The number of hydrogen-bond acceptors (Lipinski definition) is 6. The zero-order chi connectivity index (χ0) is 20.5. The van der Waals surface area contributed by atoms with E-state index in [1.165, 1.54) is 0 Å². The smallest absolute Gasteiger partial charge is 0.337 e.